The van der Waals surface area contributed by atoms with Gasteiger partial charge in [0.15, 0.2) is 0 Å². The van der Waals surface area contributed by atoms with Gasteiger partial charge in [-0.15, -0.1) is 0 Å². The molecule has 0 aromatic heterocycles. The van der Waals surface area contributed by atoms with Crippen molar-refractivity contribution >= 4 is 21.7 Å². The molecular weight excluding hydrogens is 223 g/mol. The summed E-state index contributed by atoms with van der Waals surface area (Å²) >= 11 is 5.52. The number of rotatable bonds is 1. The van der Waals surface area contributed by atoms with E-state index < -0.39 is 10.1 Å². The van der Waals surface area contributed by atoms with Crippen LogP contribution in [0.4, 0.5) is 0 Å². The Hall–Kier alpha value is 0.420. The fourth-order valence-corrected chi connectivity index (χ4v) is 1.81. The second kappa shape index (κ2) is 4.77. The Labute approximate surface area is 104 Å². The average Bonchev–Trinajstić information content (AvgIpc) is 1.92. The second-order valence-electron chi connectivity index (χ2n) is 2.36. The minimum absolute atomic E-state index is 0. The van der Waals surface area contributed by atoms with Crippen molar-refractivity contribution in [1.29, 1.82) is 0 Å². The standard InChI is InChI=1S/C7H7ClO3S.Na/c1-5-2-3-6(8)4-7(5)12(9,10)11;/h2-4H,1H3,(H,9,10,11);/q;+1/p-1. The van der Waals surface area contributed by atoms with E-state index >= 15 is 0 Å². The average molecular weight is 229 g/mol. The van der Waals surface area contributed by atoms with Crippen LogP contribution in [0, 0.1) is 6.92 Å². The first-order valence-electron chi connectivity index (χ1n) is 3.13. The number of aryl methyl sites for hydroxylation is 1. The van der Waals surface area contributed by atoms with Gasteiger partial charge in [0.1, 0.15) is 10.1 Å². The van der Waals surface area contributed by atoms with Crippen LogP contribution in [0.5, 0.6) is 0 Å². The molecule has 1 rings (SSSR count). The molecule has 0 bridgehead atoms. The molecule has 0 fully saturated rings. The number of halogens is 1. The molecule has 0 saturated carbocycles. The second-order valence-corrected chi connectivity index (χ2v) is 4.15. The first kappa shape index (κ1) is 13.4. The molecule has 1 aromatic carbocycles. The normalized spacial score (nSPS) is 10.7. The van der Waals surface area contributed by atoms with Crippen LogP contribution in [0.2, 0.25) is 5.02 Å². The molecule has 3 nitrogen and oxygen atoms in total. The van der Waals surface area contributed by atoms with Gasteiger partial charge in [0.2, 0.25) is 0 Å². The van der Waals surface area contributed by atoms with Crippen LogP contribution in [0.3, 0.4) is 0 Å². The van der Waals surface area contributed by atoms with Crippen molar-refractivity contribution in [2.75, 3.05) is 0 Å². The topological polar surface area (TPSA) is 57.2 Å². The van der Waals surface area contributed by atoms with E-state index in [4.69, 9.17) is 11.6 Å². The van der Waals surface area contributed by atoms with Crippen molar-refractivity contribution in [2.24, 2.45) is 0 Å². The third-order valence-corrected chi connectivity index (χ3v) is 2.63. The molecule has 0 aliphatic rings. The Bertz CT molecular complexity index is 402. The monoisotopic (exact) mass is 228 g/mol. The van der Waals surface area contributed by atoms with Crippen LogP contribution in [0.25, 0.3) is 0 Å². The molecule has 0 spiro atoms. The van der Waals surface area contributed by atoms with Gasteiger partial charge in [-0.05, 0) is 24.6 Å². The summed E-state index contributed by atoms with van der Waals surface area (Å²) in [5.74, 6) is 0. The van der Waals surface area contributed by atoms with E-state index in [1.165, 1.54) is 12.1 Å². The maximum Gasteiger partial charge on any atom is 1.00 e. The summed E-state index contributed by atoms with van der Waals surface area (Å²) in [4.78, 5) is -0.255. The largest absolute Gasteiger partial charge is 1.00 e. The molecule has 66 valence electrons. The van der Waals surface area contributed by atoms with Gasteiger partial charge in [-0.25, -0.2) is 8.42 Å². The van der Waals surface area contributed by atoms with Crippen molar-refractivity contribution in [3.8, 4) is 0 Å². The van der Waals surface area contributed by atoms with Crippen LogP contribution < -0.4 is 29.6 Å². The first-order valence-corrected chi connectivity index (χ1v) is 4.92. The molecule has 1 aromatic rings. The van der Waals surface area contributed by atoms with Crippen LogP contribution in [-0.4, -0.2) is 13.0 Å². The summed E-state index contributed by atoms with van der Waals surface area (Å²) in [5.41, 5.74) is 0.411. The van der Waals surface area contributed by atoms with Crippen molar-refractivity contribution in [1.82, 2.24) is 0 Å². The third kappa shape index (κ3) is 3.58. The molecule has 0 amide bonds. The Balaban J connectivity index is 0.00000144. The first-order chi connectivity index (χ1) is 5.41. The van der Waals surface area contributed by atoms with Gasteiger partial charge < -0.3 is 4.55 Å². The van der Waals surface area contributed by atoms with Gasteiger partial charge >= 0.3 is 29.6 Å². The van der Waals surface area contributed by atoms with Crippen LogP contribution in [0.1, 0.15) is 5.56 Å². The van der Waals surface area contributed by atoms with E-state index in [2.05, 4.69) is 0 Å². The van der Waals surface area contributed by atoms with Gasteiger partial charge in [-0.2, -0.15) is 0 Å². The van der Waals surface area contributed by atoms with Gasteiger partial charge in [0.05, 0.1) is 4.90 Å². The number of benzene rings is 1. The van der Waals surface area contributed by atoms with Crippen molar-refractivity contribution in [3.05, 3.63) is 28.8 Å². The molecular formula is C7H6ClNaO3S. The van der Waals surface area contributed by atoms with E-state index in [1.54, 1.807) is 6.92 Å². The number of hydrogen-bond donors (Lipinski definition) is 0. The molecule has 0 heterocycles. The SMILES string of the molecule is Cc1ccc(Cl)cc1S(=O)(=O)[O-].[Na+]. The fraction of sp³-hybridized carbons (Fsp3) is 0.143. The Kier molecular flexibility index (Phi) is 4.93. The van der Waals surface area contributed by atoms with Crippen LogP contribution in [-0.2, 0) is 10.1 Å². The fourth-order valence-electron chi connectivity index (χ4n) is 0.843. The van der Waals surface area contributed by atoms with E-state index in [1.807, 2.05) is 0 Å². The predicted octanol–water partition coefficient (Wildman–Crippen LogP) is -1.44. The summed E-state index contributed by atoms with van der Waals surface area (Å²) in [7, 11) is -4.39. The quantitative estimate of drug-likeness (QED) is 0.437. The molecule has 6 heteroatoms. The van der Waals surface area contributed by atoms with Gasteiger partial charge in [-0.1, -0.05) is 17.7 Å². The van der Waals surface area contributed by atoms with Crippen LogP contribution in [0.15, 0.2) is 23.1 Å². The van der Waals surface area contributed by atoms with E-state index in [0.29, 0.717) is 5.56 Å². The summed E-state index contributed by atoms with van der Waals surface area (Å²) in [5, 5.41) is 0.245. The molecule has 0 N–H and O–H groups in total. The molecule has 13 heavy (non-hydrogen) atoms. The van der Waals surface area contributed by atoms with Crippen LogP contribution >= 0.6 is 11.6 Å². The molecule has 0 saturated heterocycles. The molecule has 0 aliphatic heterocycles. The van der Waals surface area contributed by atoms with E-state index in [0.717, 1.165) is 6.07 Å². The Morgan fingerprint density at radius 2 is 1.92 bits per heavy atom. The summed E-state index contributed by atoms with van der Waals surface area (Å²) in [6.07, 6.45) is 0. The summed E-state index contributed by atoms with van der Waals surface area (Å²) in [6.45, 7) is 1.54. The number of hydrogen-bond acceptors (Lipinski definition) is 3. The zero-order valence-electron chi connectivity index (χ0n) is 7.24. The summed E-state index contributed by atoms with van der Waals surface area (Å²) in [6, 6.07) is 4.18. The minimum Gasteiger partial charge on any atom is -0.744 e. The minimum atomic E-state index is -4.39. The summed E-state index contributed by atoms with van der Waals surface area (Å²) < 4.78 is 31.8. The zero-order valence-corrected chi connectivity index (χ0v) is 10.8. The van der Waals surface area contributed by atoms with E-state index in [-0.39, 0.29) is 39.5 Å². The molecule has 0 radical (unpaired) electrons. The molecule has 0 atom stereocenters. The van der Waals surface area contributed by atoms with Gasteiger partial charge in [-0.3, -0.25) is 0 Å². The van der Waals surface area contributed by atoms with Gasteiger partial charge in [0, 0.05) is 5.02 Å². The molecule has 0 aliphatic carbocycles. The van der Waals surface area contributed by atoms with Crippen molar-refractivity contribution in [2.45, 2.75) is 11.8 Å². The third-order valence-electron chi connectivity index (χ3n) is 1.42. The maximum atomic E-state index is 10.6. The maximum absolute atomic E-state index is 10.6. The zero-order chi connectivity index (χ0) is 9.35. The van der Waals surface area contributed by atoms with Crippen molar-refractivity contribution < 1.29 is 42.5 Å². The Morgan fingerprint density at radius 3 is 2.31 bits per heavy atom. The van der Waals surface area contributed by atoms with E-state index in [9.17, 15) is 13.0 Å². The van der Waals surface area contributed by atoms with Crippen molar-refractivity contribution in [3.63, 3.8) is 0 Å². The predicted molar refractivity (Wildman–Crippen MR) is 44.2 cm³/mol. The smallest absolute Gasteiger partial charge is 0.744 e. The molecule has 0 unspecified atom stereocenters. The Morgan fingerprint density at radius 1 is 1.38 bits per heavy atom. The van der Waals surface area contributed by atoms with Gasteiger partial charge in [0.25, 0.3) is 0 Å².